The van der Waals surface area contributed by atoms with Crippen LogP contribution in [0.2, 0.25) is 0 Å². The molecule has 2 atom stereocenters. The zero-order valence-electron chi connectivity index (χ0n) is 17.3. The van der Waals surface area contributed by atoms with E-state index in [9.17, 15) is 9.59 Å². The third kappa shape index (κ3) is 4.94. The standard InChI is InChI=1S/C25H28O4/c1-18(2)21-14-15-25(16-21,22-12-8-5-9-13-22)17-28-24(27)23(29-19(3)26)20-10-6-4-7-11-20/h4-13,23H,14-17H2,1-3H3/t23-,25+/m1/s1. The molecule has 0 radical (unpaired) electrons. The van der Waals surface area contributed by atoms with E-state index in [0.29, 0.717) is 5.56 Å². The van der Waals surface area contributed by atoms with Crippen LogP contribution in [-0.2, 0) is 24.5 Å². The number of carbonyl (C=O) groups is 2. The zero-order valence-corrected chi connectivity index (χ0v) is 17.3. The lowest BCUT2D eigenvalue weighted by molar-refractivity contribution is -0.168. The SMILES string of the molecule is CC(=O)O[C@@H](C(=O)OC[C@]1(c2ccccc2)CCC(=C(C)C)C1)c1ccccc1. The van der Waals surface area contributed by atoms with Gasteiger partial charge in [0.15, 0.2) is 0 Å². The van der Waals surface area contributed by atoms with E-state index >= 15 is 0 Å². The molecule has 0 bridgehead atoms. The molecule has 1 aliphatic carbocycles. The fourth-order valence-corrected chi connectivity index (χ4v) is 3.98. The number of hydrogen-bond acceptors (Lipinski definition) is 4. The van der Waals surface area contributed by atoms with Gasteiger partial charge in [-0.2, -0.15) is 0 Å². The molecule has 2 aromatic carbocycles. The molecule has 0 amide bonds. The van der Waals surface area contributed by atoms with E-state index in [1.807, 2.05) is 36.4 Å². The summed E-state index contributed by atoms with van der Waals surface area (Å²) in [5.74, 6) is -1.05. The molecule has 1 saturated carbocycles. The third-order valence-electron chi connectivity index (χ3n) is 5.64. The van der Waals surface area contributed by atoms with Gasteiger partial charge in [-0.3, -0.25) is 4.79 Å². The second kappa shape index (κ2) is 9.08. The van der Waals surface area contributed by atoms with Crippen LogP contribution in [0.15, 0.2) is 71.8 Å². The summed E-state index contributed by atoms with van der Waals surface area (Å²) < 4.78 is 11.1. The molecule has 4 nitrogen and oxygen atoms in total. The maximum absolute atomic E-state index is 12.9. The van der Waals surface area contributed by atoms with Crippen LogP contribution in [-0.4, -0.2) is 18.5 Å². The lowest BCUT2D eigenvalue weighted by atomic mass is 9.79. The van der Waals surface area contributed by atoms with Crippen molar-refractivity contribution in [3.05, 3.63) is 82.9 Å². The van der Waals surface area contributed by atoms with Gasteiger partial charge in [-0.1, -0.05) is 71.8 Å². The van der Waals surface area contributed by atoms with Crippen molar-refractivity contribution in [2.45, 2.75) is 51.6 Å². The van der Waals surface area contributed by atoms with Crippen molar-refractivity contribution in [2.75, 3.05) is 6.61 Å². The predicted molar refractivity (Wildman–Crippen MR) is 112 cm³/mol. The summed E-state index contributed by atoms with van der Waals surface area (Å²) in [6.45, 7) is 5.83. The maximum Gasteiger partial charge on any atom is 0.352 e. The van der Waals surface area contributed by atoms with Crippen molar-refractivity contribution in [3.63, 3.8) is 0 Å². The van der Waals surface area contributed by atoms with E-state index in [1.54, 1.807) is 12.1 Å². The molecule has 29 heavy (non-hydrogen) atoms. The van der Waals surface area contributed by atoms with Crippen molar-refractivity contribution in [3.8, 4) is 0 Å². The van der Waals surface area contributed by atoms with Gasteiger partial charge >= 0.3 is 11.9 Å². The third-order valence-corrected chi connectivity index (χ3v) is 5.64. The minimum absolute atomic E-state index is 0.249. The fraction of sp³-hybridized carbons (Fsp3) is 0.360. The Labute approximate surface area is 172 Å². The molecule has 1 aliphatic rings. The average molecular weight is 392 g/mol. The van der Waals surface area contributed by atoms with Crippen LogP contribution in [0.25, 0.3) is 0 Å². The second-order valence-electron chi connectivity index (χ2n) is 7.93. The highest BCUT2D eigenvalue weighted by Crippen LogP contribution is 2.45. The van der Waals surface area contributed by atoms with Crippen LogP contribution in [0.5, 0.6) is 0 Å². The number of ether oxygens (including phenoxy) is 2. The van der Waals surface area contributed by atoms with Crippen molar-refractivity contribution < 1.29 is 19.1 Å². The summed E-state index contributed by atoms with van der Waals surface area (Å²) in [5.41, 5.74) is 4.28. The van der Waals surface area contributed by atoms with Crippen LogP contribution in [0.1, 0.15) is 57.3 Å². The Balaban J connectivity index is 1.82. The summed E-state index contributed by atoms with van der Waals surface area (Å²) in [5, 5.41) is 0. The largest absolute Gasteiger partial charge is 0.462 e. The molecule has 0 saturated heterocycles. The first-order valence-electron chi connectivity index (χ1n) is 10.0. The van der Waals surface area contributed by atoms with Crippen molar-refractivity contribution in [1.29, 1.82) is 0 Å². The van der Waals surface area contributed by atoms with Gasteiger partial charge < -0.3 is 9.47 Å². The number of benzene rings is 2. The number of rotatable bonds is 6. The molecule has 0 N–H and O–H groups in total. The van der Waals surface area contributed by atoms with E-state index in [2.05, 4.69) is 26.0 Å². The molecule has 0 spiro atoms. The molecule has 1 fully saturated rings. The maximum atomic E-state index is 12.9. The monoisotopic (exact) mass is 392 g/mol. The van der Waals surface area contributed by atoms with Crippen LogP contribution in [0, 0.1) is 0 Å². The van der Waals surface area contributed by atoms with Crippen LogP contribution < -0.4 is 0 Å². The summed E-state index contributed by atoms with van der Waals surface area (Å²) in [6, 6.07) is 19.2. The molecular formula is C25H28O4. The fourth-order valence-electron chi connectivity index (χ4n) is 3.98. The molecular weight excluding hydrogens is 364 g/mol. The molecule has 152 valence electrons. The Kier molecular flexibility index (Phi) is 6.53. The van der Waals surface area contributed by atoms with Gasteiger partial charge in [0.2, 0.25) is 6.10 Å². The molecule has 3 rings (SSSR count). The predicted octanol–water partition coefficient (Wildman–Crippen LogP) is 5.29. The second-order valence-corrected chi connectivity index (χ2v) is 7.93. The molecule has 0 heterocycles. The van der Waals surface area contributed by atoms with Gasteiger partial charge in [-0.05, 0) is 38.7 Å². The highest BCUT2D eigenvalue weighted by atomic mass is 16.6. The topological polar surface area (TPSA) is 52.6 Å². The van der Waals surface area contributed by atoms with E-state index in [1.165, 1.54) is 23.6 Å². The first-order valence-corrected chi connectivity index (χ1v) is 10.0. The van der Waals surface area contributed by atoms with Crippen LogP contribution in [0.3, 0.4) is 0 Å². The lowest BCUT2D eigenvalue weighted by Gasteiger charge is -2.30. The van der Waals surface area contributed by atoms with Gasteiger partial charge in [0, 0.05) is 17.9 Å². The van der Waals surface area contributed by atoms with E-state index in [-0.39, 0.29) is 12.0 Å². The molecule has 2 aromatic rings. The zero-order chi connectivity index (χ0) is 20.9. The van der Waals surface area contributed by atoms with E-state index in [4.69, 9.17) is 9.47 Å². The first kappa shape index (κ1) is 20.8. The Morgan fingerprint density at radius 2 is 1.59 bits per heavy atom. The summed E-state index contributed by atoms with van der Waals surface area (Å²) in [7, 11) is 0. The van der Waals surface area contributed by atoms with Crippen molar-refractivity contribution in [1.82, 2.24) is 0 Å². The number of hydrogen-bond donors (Lipinski definition) is 0. The van der Waals surface area contributed by atoms with Crippen LogP contribution >= 0.6 is 0 Å². The summed E-state index contributed by atoms with van der Waals surface area (Å²) >= 11 is 0. The Bertz CT molecular complexity index is 882. The van der Waals surface area contributed by atoms with Gasteiger partial charge in [0.1, 0.15) is 6.61 Å². The van der Waals surface area contributed by atoms with Crippen molar-refractivity contribution >= 4 is 11.9 Å². The molecule has 0 aliphatic heterocycles. The number of esters is 2. The summed E-state index contributed by atoms with van der Waals surface area (Å²) in [4.78, 5) is 24.5. The van der Waals surface area contributed by atoms with Crippen LogP contribution in [0.4, 0.5) is 0 Å². The lowest BCUT2D eigenvalue weighted by Crippen LogP contribution is -2.32. The Morgan fingerprint density at radius 1 is 0.966 bits per heavy atom. The minimum Gasteiger partial charge on any atom is -0.462 e. The normalized spacial score (nSPS) is 19.5. The first-order chi connectivity index (χ1) is 13.9. The molecule has 4 heteroatoms. The number of carbonyl (C=O) groups excluding carboxylic acids is 2. The van der Waals surface area contributed by atoms with Gasteiger partial charge in [0.05, 0.1) is 0 Å². The molecule has 0 unspecified atom stereocenters. The Hall–Kier alpha value is -2.88. The summed E-state index contributed by atoms with van der Waals surface area (Å²) in [6.07, 6.45) is 1.75. The quantitative estimate of drug-likeness (QED) is 0.495. The molecule has 0 aromatic heterocycles. The highest BCUT2D eigenvalue weighted by molar-refractivity contribution is 5.80. The van der Waals surface area contributed by atoms with Gasteiger partial charge in [0.25, 0.3) is 0 Å². The van der Waals surface area contributed by atoms with E-state index in [0.717, 1.165) is 19.3 Å². The minimum atomic E-state index is -1.05. The Morgan fingerprint density at radius 3 is 2.14 bits per heavy atom. The van der Waals surface area contributed by atoms with Gasteiger partial charge in [-0.15, -0.1) is 0 Å². The smallest absolute Gasteiger partial charge is 0.352 e. The number of allylic oxidation sites excluding steroid dienone is 2. The van der Waals surface area contributed by atoms with E-state index < -0.39 is 18.0 Å². The highest BCUT2D eigenvalue weighted by Gasteiger charge is 2.40. The average Bonchev–Trinajstić information content (AvgIpc) is 3.18. The van der Waals surface area contributed by atoms with Crippen molar-refractivity contribution in [2.24, 2.45) is 0 Å². The van der Waals surface area contributed by atoms with Gasteiger partial charge in [-0.25, -0.2) is 4.79 Å².